The van der Waals surface area contributed by atoms with Crippen molar-refractivity contribution in [1.82, 2.24) is 10.0 Å². The fourth-order valence-corrected chi connectivity index (χ4v) is 8.51. The SMILES string of the molecule is C[C@H](C(=O)c1ccc(Cl)cc1)N(C(=O)c1ccc([N+](=O)[O-])cc1)N1C(=O)[C@H]2[C@H](C1=O)[C@@]1(Cl)C(Cl)=C(Cl)[C@@]2(Cl)C1(Cl)Cl. The molecule has 1 aliphatic heterocycles. The Morgan fingerprint density at radius 2 is 1.29 bits per heavy atom. The quantitative estimate of drug-likeness (QED) is 0.114. The Morgan fingerprint density at radius 1 is 0.854 bits per heavy atom. The Morgan fingerprint density at radius 3 is 1.73 bits per heavy atom. The average Bonchev–Trinajstić information content (AvgIpc) is 3.32. The Kier molecular flexibility index (Phi) is 7.39. The fraction of sp³-hybridized carbons (Fsp3) is 0.280. The van der Waals surface area contributed by atoms with E-state index in [9.17, 15) is 29.3 Å². The molecule has 9 nitrogen and oxygen atoms in total. The van der Waals surface area contributed by atoms with Crippen LogP contribution >= 0.6 is 81.2 Å². The molecular weight excluding hydrogens is 686 g/mol. The normalized spacial score (nSPS) is 28.6. The van der Waals surface area contributed by atoms with Crippen LogP contribution in [-0.2, 0) is 9.59 Å². The maximum absolute atomic E-state index is 14.0. The summed E-state index contributed by atoms with van der Waals surface area (Å²) < 4.78 is -2.21. The fourth-order valence-electron chi connectivity index (χ4n) is 5.46. The highest BCUT2D eigenvalue weighted by Crippen LogP contribution is 2.77. The first-order valence-electron chi connectivity index (χ1n) is 11.6. The second-order valence-corrected chi connectivity index (χ2v) is 13.3. The van der Waals surface area contributed by atoms with Crippen LogP contribution in [0.15, 0.2) is 58.6 Å². The second kappa shape index (κ2) is 9.98. The predicted octanol–water partition coefficient (Wildman–Crippen LogP) is 6.32. The van der Waals surface area contributed by atoms with Crippen LogP contribution in [0.25, 0.3) is 0 Å². The van der Waals surface area contributed by atoms with Gasteiger partial charge in [-0.25, -0.2) is 5.01 Å². The molecule has 1 saturated carbocycles. The second-order valence-electron chi connectivity index (χ2n) is 9.57. The summed E-state index contributed by atoms with van der Waals surface area (Å²) in [5, 5.41) is 11.9. The summed E-state index contributed by atoms with van der Waals surface area (Å²) in [6.07, 6.45) is 0. The first-order chi connectivity index (χ1) is 19.0. The van der Waals surface area contributed by atoms with Crippen molar-refractivity contribution >= 4 is 110 Å². The van der Waals surface area contributed by atoms with Gasteiger partial charge < -0.3 is 0 Å². The van der Waals surface area contributed by atoms with Crippen molar-refractivity contribution in [2.75, 3.05) is 0 Å². The maximum atomic E-state index is 14.0. The van der Waals surface area contributed by atoms with Gasteiger partial charge in [-0.2, -0.15) is 5.01 Å². The molecule has 1 saturated heterocycles. The van der Waals surface area contributed by atoms with Crippen LogP contribution in [0.5, 0.6) is 0 Å². The highest BCUT2D eigenvalue weighted by atomic mass is 35.5. The van der Waals surface area contributed by atoms with Crippen LogP contribution in [0.3, 0.4) is 0 Å². The topological polar surface area (TPSA) is 118 Å². The Hall–Kier alpha value is -2.11. The number of benzene rings is 2. The molecular formula is C25H14Cl7N3O6. The Balaban J connectivity index is 1.63. The number of non-ortho nitro benzene ring substituents is 1. The lowest BCUT2D eigenvalue weighted by Gasteiger charge is -2.38. The minimum Gasteiger partial charge on any atom is -0.292 e. The number of nitro groups is 1. The van der Waals surface area contributed by atoms with Crippen molar-refractivity contribution in [3.05, 3.63) is 84.9 Å². The Labute approximate surface area is 266 Å². The van der Waals surface area contributed by atoms with Crippen LogP contribution in [-0.4, -0.2) is 58.6 Å². The van der Waals surface area contributed by atoms with Gasteiger partial charge in [-0.1, -0.05) is 58.0 Å². The lowest BCUT2D eigenvalue weighted by molar-refractivity contribution is -0.384. The first-order valence-corrected chi connectivity index (χ1v) is 14.2. The van der Waals surface area contributed by atoms with Crippen LogP contribution in [0.1, 0.15) is 27.6 Å². The van der Waals surface area contributed by atoms with E-state index in [1.54, 1.807) is 0 Å². The largest absolute Gasteiger partial charge is 0.292 e. The van der Waals surface area contributed by atoms with Crippen molar-refractivity contribution in [3.63, 3.8) is 0 Å². The van der Waals surface area contributed by atoms with Gasteiger partial charge in [0.1, 0.15) is 15.8 Å². The summed E-state index contributed by atoms with van der Waals surface area (Å²) in [4.78, 5) is 61.6. The molecule has 2 aliphatic carbocycles. The number of fused-ring (bicyclic) bond motifs is 5. The van der Waals surface area contributed by atoms with Gasteiger partial charge >= 0.3 is 0 Å². The van der Waals surface area contributed by atoms with Gasteiger partial charge in [0.25, 0.3) is 23.4 Å². The zero-order chi connectivity index (χ0) is 30.4. The molecule has 214 valence electrons. The molecule has 0 radical (unpaired) electrons. The van der Waals surface area contributed by atoms with Gasteiger partial charge in [-0.3, -0.25) is 29.3 Å². The van der Waals surface area contributed by atoms with Crippen molar-refractivity contribution < 1.29 is 24.1 Å². The van der Waals surface area contributed by atoms with Gasteiger partial charge in [0, 0.05) is 28.3 Å². The van der Waals surface area contributed by atoms with Gasteiger partial charge in [-0.05, 0) is 43.3 Å². The third-order valence-electron chi connectivity index (χ3n) is 7.51. The van der Waals surface area contributed by atoms with Crippen LogP contribution < -0.4 is 0 Å². The summed E-state index contributed by atoms with van der Waals surface area (Å²) in [5.74, 6) is -6.93. The van der Waals surface area contributed by atoms with E-state index < -0.39 is 60.4 Å². The number of carbonyl (C=O) groups is 4. The molecule has 2 fully saturated rings. The number of halogens is 7. The smallest absolute Gasteiger partial charge is 0.273 e. The highest BCUT2D eigenvalue weighted by Gasteiger charge is 2.88. The van der Waals surface area contributed by atoms with E-state index in [0.29, 0.717) is 15.0 Å². The molecule has 5 rings (SSSR count). The minimum absolute atomic E-state index is 0.110. The number of hydrogen-bond acceptors (Lipinski definition) is 6. The number of nitrogens with zero attached hydrogens (tertiary/aromatic N) is 3. The van der Waals surface area contributed by atoms with Gasteiger partial charge in [0.2, 0.25) is 0 Å². The van der Waals surface area contributed by atoms with E-state index in [-0.39, 0.29) is 26.9 Å². The van der Waals surface area contributed by atoms with Gasteiger partial charge in [0.15, 0.2) is 10.1 Å². The number of imide groups is 1. The third-order valence-corrected chi connectivity index (χ3v) is 12.0. The highest BCUT2D eigenvalue weighted by molar-refractivity contribution is 6.66. The molecule has 1 heterocycles. The maximum Gasteiger partial charge on any atom is 0.273 e. The molecule has 3 amide bonds. The van der Waals surface area contributed by atoms with Crippen LogP contribution in [0.4, 0.5) is 5.69 Å². The van der Waals surface area contributed by atoms with Crippen molar-refractivity contribution in [1.29, 1.82) is 0 Å². The molecule has 0 N–H and O–H groups in total. The zero-order valence-electron chi connectivity index (χ0n) is 20.3. The predicted molar refractivity (Wildman–Crippen MR) is 154 cm³/mol. The van der Waals surface area contributed by atoms with Crippen molar-refractivity contribution in [2.24, 2.45) is 11.8 Å². The standard InChI is InChI=1S/C25H14Cl7N3O6/c1-10(17(36)11-2-6-13(26)7-3-11)33(20(37)12-4-8-14(9-5-12)35(40)41)34-21(38)15-16(22(34)39)24(30)19(28)18(27)23(15,29)25(24,31)32/h2-10,15-16H,1H3/t10-,15-,16-,23-,24-/m1/s1. The van der Waals surface area contributed by atoms with E-state index >= 15 is 0 Å². The number of allylic oxidation sites excluding steroid dienone is 2. The molecule has 16 heteroatoms. The van der Waals surface area contributed by atoms with Crippen molar-refractivity contribution in [2.45, 2.75) is 27.0 Å². The molecule has 0 unspecified atom stereocenters. The molecule has 5 atom stereocenters. The zero-order valence-corrected chi connectivity index (χ0v) is 25.6. The molecule has 41 heavy (non-hydrogen) atoms. The lowest BCUT2D eigenvalue weighted by atomic mass is 9.84. The molecule has 2 aromatic carbocycles. The summed E-state index contributed by atoms with van der Waals surface area (Å²) in [7, 11) is 0. The van der Waals surface area contributed by atoms with E-state index in [1.165, 1.54) is 31.2 Å². The lowest BCUT2D eigenvalue weighted by Crippen LogP contribution is -2.59. The van der Waals surface area contributed by atoms with Crippen LogP contribution in [0.2, 0.25) is 5.02 Å². The first kappa shape index (κ1) is 30.4. The molecule has 2 bridgehead atoms. The summed E-state index contributed by atoms with van der Waals surface area (Å²) in [5.41, 5.74) is -0.382. The van der Waals surface area contributed by atoms with E-state index in [4.69, 9.17) is 81.2 Å². The van der Waals surface area contributed by atoms with Crippen molar-refractivity contribution in [3.8, 4) is 0 Å². The number of carbonyl (C=O) groups excluding carboxylic acids is 4. The number of hydrogen-bond donors (Lipinski definition) is 0. The molecule has 0 aromatic heterocycles. The number of rotatable bonds is 6. The summed E-state index contributed by atoms with van der Waals surface area (Å²) in [6, 6.07) is 8.57. The third kappa shape index (κ3) is 3.90. The summed E-state index contributed by atoms with van der Waals surface area (Å²) >= 11 is 45.3. The summed E-state index contributed by atoms with van der Waals surface area (Å²) in [6.45, 7) is 1.29. The molecule has 3 aliphatic rings. The van der Waals surface area contributed by atoms with E-state index in [0.717, 1.165) is 24.3 Å². The van der Waals surface area contributed by atoms with Gasteiger partial charge in [-0.15, -0.1) is 23.2 Å². The Bertz CT molecular complexity index is 1530. The molecule has 2 aromatic rings. The van der Waals surface area contributed by atoms with Gasteiger partial charge in [0.05, 0.1) is 26.8 Å². The average molecular weight is 701 g/mol. The minimum atomic E-state index is -2.21. The monoisotopic (exact) mass is 697 g/mol. The van der Waals surface area contributed by atoms with E-state index in [1.807, 2.05) is 0 Å². The number of nitro benzene ring substituents is 1. The molecule has 0 spiro atoms. The number of amides is 3. The van der Waals surface area contributed by atoms with Crippen LogP contribution in [0, 0.1) is 22.0 Å². The number of ketones is 1. The number of hydrazine groups is 1. The number of alkyl halides is 4. The van der Waals surface area contributed by atoms with E-state index in [2.05, 4.69) is 0 Å². The number of Topliss-reactive ketones (excluding diaryl/α,β-unsaturated/α-hetero) is 1.